The molecule has 2 saturated heterocycles. The summed E-state index contributed by atoms with van der Waals surface area (Å²) in [5, 5.41) is 9.03. The second-order valence-electron chi connectivity index (χ2n) is 6.75. The molecule has 0 radical (unpaired) electrons. The van der Waals surface area contributed by atoms with Crippen molar-refractivity contribution >= 4 is 5.97 Å². The first kappa shape index (κ1) is 17.3. The van der Waals surface area contributed by atoms with E-state index in [1.54, 1.807) is 6.07 Å². The molecule has 5 nitrogen and oxygen atoms in total. The van der Waals surface area contributed by atoms with Crippen molar-refractivity contribution in [3.05, 3.63) is 35.1 Å². The minimum atomic E-state index is -1.21. The average molecular weight is 337 g/mol. The van der Waals surface area contributed by atoms with E-state index in [0.29, 0.717) is 25.0 Å². The number of carboxylic acids is 1. The van der Waals surface area contributed by atoms with Crippen LogP contribution in [0.5, 0.6) is 0 Å². The van der Waals surface area contributed by atoms with Gasteiger partial charge < -0.3 is 19.5 Å². The number of hydrogen-bond acceptors (Lipinski definition) is 4. The molecule has 2 aliphatic heterocycles. The Hall–Kier alpha value is -1.50. The average Bonchev–Trinajstić information content (AvgIpc) is 2.82. The summed E-state index contributed by atoms with van der Waals surface area (Å²) in [5.74, 6) is -0.996. The first-order chi connectivity index (χ1) is 11.6. The number of hydrogen-bond donors (Lipinski definition) is 1. The molecule has 0 aliphatic carbocycles. The van der Waals surface area contributed by atoms with Gasteiger partial charge in [-0.05, 0) is 43.0 Å². The van der Waals surface area contributed by atoms with E-state index in [1.807, 2.05) is 0 Å². The largest absolute Gasteiger partial charge is 0.478 e. The summed E-state index contributed by atoms with van der Waals surface area (Å²) < 4.78 is 24.6. The van der Waals surface area contributed by atoms with Crippen LogP contribution in [-0.2, 0) is 15.9 Å². The summed E-state index contributed by atoms with van der Waals surface area (Å²) in [6, 6.07) is 4.41. The second-order valence-corrected chi connectivity index (χ2v) is 6.75. The van der Waals surface area contributed by atoms with Crippen LogP contribution < -0.4 is 0 Å². The molecule has 1 atom stereocenters. The van der Waals surface area contributed by atoms with Crippen molar-refractivity contribution in [2.75, 3.05) is 46.1 Å². The highest BCUT2D eigenvalue weighted by molar-refractivity contribution is 5.88. The van der Waals surface area contributed by atoms with E-state index in [1.165, 1.54) is 12.1 Å². The predicted molar refractivity (Wildman–Crippen MR) is 86.7 cm³/mol. The van der Waals surface area contributed by atoms with Gasteiger partial charge in [0.2, 0.25) is 0 Å². The number of rotatable bonds is 5. The molecule has 1 unspecified atom stereocenters. The standard InChI is InChI=1S/C18H24FNO4/c19-17-2-1-13(8-16(17)18(21)22)7-14-3-4-20(9-14)10-15-11-23-5-6-24-12-15/h1-2,8,14-15H,3-7,9-12H2,(H,21,22). The Bertz CT molecular complexity index is 572. The lowest BCUT2D eigenvalue weighted by molar-refractivity contribution is 0.0691. The molecule has 6 heteroatoms. The highest BCUT2D eigenvalue weighted by Crippen LogP contribution is 2.23. The number of halogens is 1. The molecule has 1 N–H and O–H groups in total. The molecule has 2 fully saturated rings. The molecule has 1 aromatic carbocycles. The summed E-state index contributed by atoms with van der Waals surface area (Å²) in [6.07, 6.45) is 1.86. The van der Waals surface area contributed by atoms with Crippen LogP contribution in [0.25, 0.3) is 0 Å². The quantitative estimate of drug-likeness (QED) is 0.891. The summed E-state index contributed by atoms with van der Waals surface area (Å²) in [5.41, 5.74) is 0.650. The van der Waals surface area contributed by atoms with Crippen LogP contribution in [0, 0.1) is 17.7 Å². The van der Waals surface area contributed by atoms with Gasteiger partial charge in [-0.2, -0.15) is 0 Å². The Morgan fingerprint density at radius 3 is 2.71 bits per heavy atom. The molecule has 0 saturated carbocycles. The molecule has 2 heterocycles. The van der Waals surface area contributed by atoms with Gasteiger partial charge in [-0.3, -0.25) is 0 Å². The van der Waals surface area contributed by atoms with Gasteiger partial charge in [0.05, 0.1) is 32.0 Å². The fourth-order valence-corrected chi connectivity index (χ4v) is 3.58. The molecular weight excluding hydrogens is 313 g/mol. The maximum absolute atomic E-state index is 13.5. The normalized spacial score (nSPS) is 23.3. The van der Waals surface area contributed by atoms with Crippen LogP contribution in [0.3, 0.4) is 0 Å². The minimum Gasteiger partial charge on any atom is -0.478 e. The number of aromatic carboxylic acids is 1. The molecule has 0 aromatic heterocycles. The molecule has 0 bridgehead atoms. The summed E-state index contributed by atoms with van der Waals surface area (Å²) >= 11 is 0. The zero-order chi connectivity index (χ0) is 16.9. The zero-order valence-corrected chi connectivity index (χ0v) is 13.7. The summed E-state index contributed by atoms with van der Waals surface area (Å²) in [4.78, 5) is 13.5. The van der Waals surface area contributed by atoms with E-state index in [9.17, 15) is 9.18 Å². The van der Waals surface area contributed by atoms with Crippen LogP contribution in [0.15, 0.2) is 18.2 Å². The SMILES string of the molecule is O=C(O)c1cc(CC2CCN(CC3COCCOC3)C2)ccc1F. The lowest BCUT2D eigenvalue weighted by Crippen LogP contribution is -2.31. The van der Waals surface area contributed by atoms with E-state index in [4.69, 9.17) is 14.6 Å². The van der Waals surface area contributed by atoms with Crippen molar-refractivity contribution in [2.45, 2.75) is 12.8 Å². The third-order valence-electron chi connectivity index (χ3n) is 4.75. The highest BCUT2D eigenvalue weighted by atomic mass is 19.1. The Balaban J connectivity index is 1.52. The molecular formula is C18H24FNO4. The predicted octanol–water partition coefficient (Wildman–Crippen LogP) is 2.05. The Kier molecular flexibility index (Phi) is 5.81. The van der Waals surface area contributed by atoms with Crippen LogP contribution in [0.1, 0.15) is 22.3 Å². The molecule has 2 aliphatic rings. The van der Waals surface area contributed by atoms with Gasteiger partial charge in [0.25, 0.3) is 0 Å². The highest BCUT2D eigenvalue weighted by Gasteiger charge is 2.26. The van der Waals surface area contributed by atoms with Gasteiger partial charge in [-0.25, -0.2) is 9.18 Å². The van der Waals surface area contributed by atoms with Gasteiger partial charge in [-0.1, -0.05) is 6.07 Å². The molecule has 24 heavy (non-hydrogen) atoms. The van der Waals surface area contributed by atoms with E-state index in [0.717, 1.165) is 51.3 Å². The van der Waals surface area contributed by atoms with Crippen molar-refractivity contribution in [1.82, 2.24) is 4.90 Å². The second kappa shape index (κ2) is 8.05. The fraction of sp³-hybridized carbons (Fsp3) is 0.611. The number of nitrogens with zero attached hydrogens (tertiary/aromatic N) is 1. The van der Waals surface area contributed by atoms with Gasteiger partial charge in [-0.15, -0.1) is 0 Å². The summed E-state index contributed by atoms with van der Waals surface area (Å²) in [6.45, 7) is 5.85. The van der Waals surface area contributed by atoms with E-state index in [-0.39, 0.29) is 5.56 Å². The Labute approximate surface area is 141 Å². The van der Waals surface area contributed by atoms with Gasteiger partial charge >= 0.3 is 5.97 Å². The molecule has 3 rings (SSSR count). The lowest BCUT2D eigenvalue weighted by Gasteiger charge is -2.22. The van der Waals surface area contributed by atoms with Crippen molar-refractivity contribution in [3.8, 4) is 0 Å². The van der Waals surface area contributed by atoms with Crippen molar-refractivity contribution < 1.29 is 23.8 Å². The monoisotopic (exact) mass is 337 g/mol. The Morgan fingerprint density at radius 1 is 1.25 bits per heavy atom. The van der Waals surface area contributed by atoms with Crippen LogP contribution in [0.2, 0.25) is 0 Å². The number of carboxylic acid groups (broad SMARTS) is 1. The van der Waals surface area contributed by atoms with Crippen LogP contribution in [0.4, 0.5) is 4.39 Å². The van der Waals surface area contributed by atoms with Crippen molar-refractivity contribution in [2.24, 2.45) is 11.8 Å². The maximum atomic E-state index is 13.5. The lowest BCUT2D eigenvalue weighted by atomic mass is 9.97. The van der Waals surface area contributed by atoms with Gasteiger partial charge in [0.15, 0.2) is 0 Å². The molecule has 132 valence electrons. The Morgan fingerprint density at radius 2 is 2.00 bits per heavy atom. The molecule has 0 spiro atoms. The van der Waals surface area contributed by atoms with Gasteiger partial charge in [0.1, 0.15) is 5.82 Å². The fourth-order valence-electron chi connectivity index (χ4n) is 3.58. The molecule has 0 amide bonds. The minimum absolute atomic E-state index is 0.241. The first-order valence-corrected chi connectivity index (χ1v) is 8.51. The number of likely N-dealkylation sites (tertiary alicyclic amines) is 1. The van der Waals surface area contributed by atoms with E-state index in [2.05, 4.69) is 4.90 Å². The number of carbonyl (C=O) groups is 1. The first-order valence-electron chi connectivity index (χ1n) is 8.51. The third kappa shape index (κ3) is 4.53. The maximum Gasteiger partial charge on any atom is 0.338 e. The molecule has 1 aromatic rings. The van der Waals surface area contributed by atoms with E-state index >= 15 is 0 Å². The van der Waals surface area contributed by atoms with Gasteiger partial charge in [0, 0.05) is 19.0 Å². The zero-order valence-electron chi connectivity index (χ0n) is 13.7. The number of ether oxygens (including phenoxy) is 2. The van der Waals surface area contributed by atoms with Crippen LogP contribution >= 0.6 is 0 Å². The van der Waals surface area contributed by atoms with Crippen molar-refractivity contribution in [1.29, 1.82) is 0 Å². The third-order valence-corrected chi connectivity index (χ3v) is 4.75. The van der Waals surface area contributed by atoms with E-state index < -0.39 is 11.8 Å². The van der Waals surface area contributed by atoms with Crippen LogP contribution in [-0.4, -0.2) is 62.0 Å². The smallest absolute Gasteiger partial charge is 0.338 e. The van der Waals surface area contributed by atoms with Crippen molar-refractivity contribution in [3.63, 3.8) is 0 Å². The number of benzene rings is 1. The summed E-state index contributed by atoms with van der Waals surface area (Å²) in [7, 11) is 0. The topological polar surface area (TPSA) is 59.0 Å².